The Kier molecular flexibility index (Phi) is 9.88. The van der Waals surface area contributed by atoms with Gasteiger partial charge in [-0.15, -0.1) is 0 Å². The number of hydrogen-bond donors (Lipinski definition) is 1. The third-order valence-electron chi connectivity index (χ3n) is 11.7. The molecule has 4 fully saturated rings. The summed E-state index contributed by atoms with van der Waals surface area (Å²) < 4.78 is 28.8. The summed E-state index contributed by atoms with van der Waals surface area (Å²) in [7, 11) is 3.41. The van der Waals surface area contributed by atoms with Crippen molar-refractivity contribution in [3.8, 4) is 0 Å². The number of ether oxygens (including phenoxy) is 5. The highest BCUT2D eigenvalue weighted by molar-refractivity contribution is 5.65. The molecule has 0 heterocycles. The van der Waals surface area contributed by atoms with Gasteiger partial charge in [-0.1, -0.05) is 34.1 Å². The first-order chi connectivity index (χ1) is 18.1. The van der Waals surface area contributed by atoms with Crippen LogP contribution in [0.15, 0.2) is 0 Å². The quantitative estimate of drug-likeness (QED) is 0.277. The summed E-state index contributed by atoms with van der Waals surface area (Å²) in [5.41, 5.74) is 0.293. The van der Waals surface area contributed by atoms with E-state index in [1.807, 2.05) is 0 Å². The Balaban J connectivity index is 1.64. The number of fused-ring (bicyclic) bond motifs is 5. The first kappa shape index (κ1) is 30.2. The zero-order valence-electron chi connectivity index (χ0n) is 24.9. The topological polar surface area (TPSA) is 83.5 Å². The van der Waals surface area contributed by atoms with Crippen LogP contribution in [0.25, 0.3) is 0 Å². The lowest BCUT2D eigenvalue weighted by Crippen LogP contribution is -2.63. The van der Waals surface area contributed by atoms with Crippen LogP contribution in [0.3, 0.4) is 0 Å². The maximum atomic E-state index is 11.6. The first-order valence-electron chi connectivity index (χ1n) is 15.1. The Morgan fingerprint density at radius 3 is 2.32 bits per heavy atom. The lowest BCUT2D eigenvalue weighted by molar-refractivity contribution is -0.239. The lowest BCUT2D eigenvalue weighted by Gasteiger charge is -2.65. The van der Waals surface area contributed by atoms with Crippen molar-refractivity contribution in [3.63, 3.8) is 0 Å². The molecule has 0 radical (unpaired) electrons. The second-order valence-electron chi connectivity index (χ2n) is 13.5. The van der Waals surface area contributed by atoms with Crippen LogP contribution in [0.2, 0.25) is 0 Å². The van der Waals surface area contributed by atoms with Gasteiger partial charge in [-0.2, -0.15) is 0 Å². The first-order valence-corrected chi connectivity index (χ1v) is 15.1. The number of carbonyl (C=O) groups excluding carboxylic acids is 1. The molecule has 38 heavy (non-hydrogen) atoms. The average Bonchev–Trinajstić information content (AvgIpc) is 3.15. The summed E-state index contributed by atoms with van der Waals surface area (Å²) in [4.78, 5) is 11.3. The van der Waals surface area contributed by atoms with Gasteiger partial charge in [-0.3, -0.25) is 4.79 Å². The number of methoxy groups -OCH3 is 2. The number of aliphatic hydroxyl groups excluding tert-OH is 1. The van der Waals surface area contributed by atoms with E-state index in [9.17, 15) is 9.90 Å². The van der Waals surface area contributed by atoms with E-state index >= 15 is 0 Å². The minimum absolute atomic E-state index is 0.0468. The van der Waals surface area contributed by atoms with Gasteiger partial charge in [0.2, 0.25) is 0 Å². The maximum absolute atomic E-state index is 11.6. The third kappa shape index (κ3) is 5.44. The highest BCUT2D eigenvalue weighted by atomic mass is 16.7. The Morgan fingerprint density at radius 1 is 0.974 bits per heavy atom. The van der Waals surface area contributed by atoms with E-state index in [1.165, 1.54) is 19.8 Å². The molecule has 0 saturated heterocycles. The summed E-state index contributed by atoms with van der Waals surface area (Å²) in [6.07, 6.45) is 8.37. The molecule has 4 rings (SSSR count). The number of hydrogen-bond acceptors (Lipinski definition) is 7. The highest BCUT2D eigenvalue weighted by Gasteiger charge is 2.67. The molecular weight excluding hydrogens is 484 g/mol. The van der Waals surface area contributed by atoms with Crippen LogP contribution >= 0.6 is 0 Å². The molecule has 1 N–H and O–H groups in total. The second-order valence-corrected chi connectivity index (χ2v) is 13.5. The van der Waals surface area contributed by atoms with Gasteiger partial charge >= 0.3 is 5.97 Å². The molecule has 0 aromatic heterocycles. The summed E-state index contributed by atoms with van der Waals surface area (Å²) in [5.74, 6) is 2.63. The Labute approximate surface area is 230 Å². The lowest BCUT2D eigenvalue weighted by atomic mass is 9.41. The summed E-state index contributed by atoms with van der Waals surface area (Å²) in [6, 6.07) is 0. The molecule has 3 unspecified atom stereocenters. The maximum Gasteiger partial charge on any atom is 0.302 e. The van der Waals surface area contributed by atoms with Crippen molar-refractivity contribution in [2.45, 2.75) is 104 Å². The molecule has 0 aromatic carbocycles. The molecular formula is C31H54O7. The fourth-order valence-corrected chi connectivity index (χ4v) is 10.3. The van der Waals surface area contributed by atoms with Crippen molar-refractivity contribution in [1.82, 2.24) is 0 Å². The normalized spacial score (nSPS) is 45.1. The van der Waals surface area contributed by atoms with Gasteiger partial charge in [0.1, 0.15) is 13.6 Å². The van der Waals surface area contributed by atoms with Crippen molar-refractivity contribution in [3.05, 3.63) is 0 Å². The van der Waals surface area contributed by atoms with Crippen molar-refractivity contribution in [1.29, 1.82) is 0 Å². The SMILES string of the molecule is CC[C@H]1[C@@H](OCOC)C2C3C[C@H](O)[C@H]([C@H](C)CCOC(C)=O)[C@@]3(C)CCC2[C@@]2(C)CC[C@@H](OCOC)C[C@@H]12. The summed E-state index contributed by atoms with van der Waals surface area (Å²) in [6.45, 7) is 12.1. The van der Waals surface area contributed by atoms with Gasteiger partial charge in [-0.25, -0.2) is 0 Å². The fourth-order valence-electron chi connectivity index (χ4n) is 10.3. The van der Waals surface area contributed by atoms with Crippen LogP contribution in [0.1, 0.15) is 86.0 Å². The van der Waals surface area contributed by atoms with E-state index in [0.29, 0.717) is 49.8 Å². The van der Waals surface area contributed by atoms with Crippen molar-refractivity contribution in [2.24, 2.45) is 52.3 Å². The zero-order chi connectivity index (χ0) is 27.7. The van der Waals surface area contributed by atoms with E-state index < -0.39 is 0 Å². The van der Waals surface area contributed by atoms with Crippen LogP contribution in [0.5, 0.6) is 0 Å². The molecule has 4 aliphatic rings. The van der Waals surface area contributed by atoms with Crippen LogP contribution < -0.4 is 0 Å². The molecule has 4 aliphatic carbocycles. The van der Waals surface area contributed by atoms with Crippen LogP contribution in [0, 0.1) is 52.3 Å². The van der Waals surface area contributed by atoms with E-state index in [-0.39, 0.29) is 46.9 Å². The predicted molar refractivity (Wildman–Crippen MR) is 145 cm³/mol. The molecule has 0 bridgehead atoms. The van der Waals surface area contributed by atoms with E-state index in [1.54, 1.807) is 14.2 Å². The number of carbonyl (C=O) groups is 1. The number of rotatable bonds is 11. The summed E-state index contributed by atoms with van der Waals surface area (Å²) >= 11 is 0. The monoisotopic (exact) mass is 538 g/mol. The van der Waals surface area contributed by atoms with Crippen molar-refractivity contribution >= 4 is 5.97 Å². The molecule has 0 spiro atoms. The van der Waals surface area contributed by atoms with Crippen molar-refractivity contribution in [2.75, 3.05) is 34.4 Å². The molecule has 0 amide bonds. The minimum Gasteiger partial charge on any atom is -0.466 e. The predicted octanol–water partition coefficient (Wildman–Crippen LogP) is 5.43. The van der Waals surface area contributed by atoms with Crippen LogP contribution in [-0.4, -0.2) is 63.8 Å². The molecule has 220 valence electrons. The van der Waals surface area contributed by atoms with Gasteiger partial charge in [0.15, 0.2) is 0 Å². The third-order valence-corrected chi connectivity index (χ3v) is 11.7. The average molecular weight is 539 g/mol. The molecule has 12 atom stereocenters. The fraction of sp³-hybridized carbons (Fsp3) is 0.968. The van der Waals surface area contributed by atoms with Crippen LogP contribution in [0.4, 0.5) is 0 Å². The van der Waals surface area contributed by atoms with Gasteiger partial charge in [-0.05, 0) is 97.2 Å². The van der Waals surface area contributed by atoms with Gasteiger partial charge in [0.25, 0.3) is 0 Å². The number of esters is 1. The summed E-state index contributed by atoms with van der Waals surface area (Å²) in [5, 5.41) is 11.6. The van der Waals surface area contributed by atoms with E-state index in [0.717, 1.165) is 38.5 Å². The Bertz CT molecular complexity index is 790. The smallest absolute Gasteiger partial charge is 0.302 e. The zero-order valence-corrected chi connectivity index (χ0v) is 24.9. The largest absolute Gasteiger partial charge is 0.466 e. The Morgan fingerprint density at radius 2 is 1.66 bits per heavy atom. The minimum atomic E-state index is -0.331. The van der Waals surface area contributed by atoms with E-state index in [2.05, 4.69) is 27.7 Å². The van der Waals surface area contributed by atoms with Crippen LogP contribution in [-0.2, 0) is 28.5 Å². The van der Waals surface area contributed by atoms with Gasteiger partial charge < -0.3 is 28.8 Å². The molecule has 7 nitrogen and oxygen atoms in total. The van der Waals surface area contributed by atoms with Gasteiger partial charge in [0, 0.05) is 21.1 Å². The van der Waals surface area contributed by atoms with E-state index in [4.69, 9.17) is 23.7 Å². The number of aliphatic hydroxyl groups is 1. The van der Waals surface area contributed by atoms with Crippen molar-refractivity contribution < 1.29 is 33.6 Å². The Hall–Kier alpha value is -0.730. The molecule has 7 heteroatoms. The molecule has 0 aliphatic heterocycles. The molecule has 4 saturated carbocycles. The molecule has 0 aromatic rings. The second kappa shape index (κ2) is 12.4. The highest BCUT2D eigenvalue weighted by Crippen LogP contribution is 2.70. The van der Waals surface area contributed by atoms with Gasteiger partial charge in [0.05, 0.1) is 24.9 Å². The standard InChI is InChI=1S/C31H54O7/c1-8-22-24-15-21(37-17-34-6)9-12-30(24,4)23-10-13-31(5)25(27(23)29(22)38-18-35-7)16-26(33)28(31)19(2)11-14-36-20(3)32/h19,21-29,33H,8-18H2,1-7H3/t19-,21-,22-,23?,24+,25?,26+,27?,28+,29-,30-,31+/m1/s1.